The summed E-state index contributed by atoms with van der Waals surface area (Å²) in [6, 6.07) is 8.71. The van der Waals surface area contributed by atoms with E-state index in [4.69, 9.17) is 10.5 Å². The molecule has 0 bridgehead atoms. The normalized spacial score (nSPS) is 10.0. The summed E-state index contributed by atoms with van der Waals surface area (Å²) in [6.45, 7) is 1.93. The number of methoxy groups -OCH3 is 1. The van der Waals surface area contributed by atoms with Crippen LogP contribution in [0.3, 0.4) is 0 Å². The van der Waals surface area contributed by atoms with Crippen molar-refractivity contribution in [2.45, 2.75) is 6.92 Å². The number of nitrogens with one attached hydrogen (secondary N) is 1. The highest BCUT2D eigenvalue weighted by atomic mass is 16.5. The number of rotatable bonds is 3. The summed E-state index contributed by atoms with van der Waals surface area (Å²) in [6.07, 6.45) is 1.64. The minimum atomic E-state index is -0.311. The van der Waals surface area contributed by atoms with E-state index in [1.54, 1.807) is 30.5 Å². The highest BCUT2D eigenvalue weighted by Gasteiger charge is 2.13. The van der Waals surface area contributed by atoms with Gasteiger partial charge < -0.3 is 15.8 Å². The molecule has 3 N–H and O–H groups in total. The van der Waals surface area contributed by atoms with Crippen LogP contribution in [-0.4, -0.2) is 18.0 Å². The summed E-state index contributed by atoms with van der Waals surface area (Å²) in [5.41, 5.74) is 7.57. The van der Waals surface area contributed by atoms with E-state index >= 15 is 0 Å². The summed E-state index contributed by atoms with van der Waals surface area (Å²) in [4.78, 5) is 16.2. The Morgan fingerprint density at radius 3 is 2.84 bits per heavy atom. The molecule has 0 saturated heterocycles. The number of ether oxygens (including phenoxy) is 1. The molecule has 0 fully saturated rings. The monoisotopic (exact) mass is 257 g/mol. The maximum Gasteiger partial charge on any atom is 0.259 e. The molecule has 2 rings (SSSR count). The first kappa shape index (κ1) is 12.9. The Morgan fingerprint density at radius 2 is 2.16 bits per heavy atom. The van der Waals surface area contributed by atoms with Crippen molar-refractivity contribution in [3.63, 3.8) is 0 Å². The van der Waals surface area contributed by atoms with Gasteiger partial charge in [-0.15, -0.1) is 0 Å². The summed E-state index contributed by atoms with van der Waals surface area (Å²) >= 11 is 0. The number of amides is 1. The predicted molar refractivity (Wildman–Crippen MR) is 74.3 cm³/mol. The zero-order chi connectivity index (χ0) is 13.8. The topological polar surface area (TPSA) is 77.2 Å². The molecule has 1 aromatic heterocycles. The Bertz CT molecular complexity index is 611. The molecular formula is C14H15N3O2. The zero-order valence-corrected chi connectivity index (χ0v) is 10.8. The van der Waals surface area contributed by atoms with Gasteiger partial charge in [-0.25, -0.2) is 4.98 Å². The third-order valence-electron chi connectivity index (χ3n) is 2.69. The average Bonchev–Trinajstić information content (AvgIpc) is 2.39. The van der Waals surface area contributed by atoms with Crippen molar-refractivity contribution in [2.75, 3.05) is 18.2 Å². The van der Waals surface area contributed by atoms with Crippen molar-refractivity contribution in [1.29, 1.82) is 0 Å². The van der Waals surface area contributed by atoms with Crippen LogP contribution in [0.1, 0.15) is 15.9 Å². The van der Waals surface area contributed by atoms with Crippen LogP contribution in [0.15, 0.2) is 36.5 Å². The van der Waals surface area contributed by atoms with Crippen LogP contribution in [0.5, 0.6) is 5.75 Å². The Labute approximate surface area is 111 Å². The molecule has 0 saturated carbocycles. The fraction of sp³-hybridized carbons (Fsp3) is 0.143. The zero-order valence-electron chi connectivity index (χ0n) is 10.8. The highest BCUT2D eigenvalue weighted by molar-refractivity contribution is 6.08. The van der Waals surface area contributed by atoms with E-state index < -0.39 is 0 Å². The standard InChI is InChI=1S/C14H15N3O2/c1-9-6-7-16-12(8-9)17-14(18)10-4-3-5-11(19-2)13(10)15/h3-8H,15H2,1-2H3,(H,16,17,18). The second-order valence-corrected chi connectivity index (χ2v) is 4.09. The molecule has 1 heterocycles. The van der Waals surface area contributed by atoms with Gasteiger partial charge in [-0.05, 0) is 36.8 Å². The van der Waals surface area contributed by atoms with Crippen molar-refractivity contribution >= 4 is 17.4 Å². The van der Waals surface area contributed by atoms with Crippen LogP contribution in [0, 0.1) is 6.92 Å². The molecule has 1 aromatic carbocycles. The molecule has 2 aromatic rings. The van der Waals surface area contributed by atoms with Gasteiger partial charge in [-0.3, -0.25) is 4.79 Å². The number of carbonyl (C=O) groups excluding carboxylic acids is 1. The maximum absolute atomic E-state index is 12.1. The minimum Gasteiger partial charge on any atom is -0.495 e. The second-order valence-electron chi connectivity index (χ2n) is 4.09. The number of hydrogen-bond acceptors (Lipinski definition) is 4. The largest absolute Gasteiger partial charge is 0.495 e. The smallest absolute Gasteiger partial charge is 0.259 e. The molecule has 1 amide bonds. The first-order chi connectivity index (χ1) is 9.11. The van der Waals surface area contributed by atoms with Crippen LogP contribution in [-0.2, 0) is 0 Å². The number of benzene rings is 1. The third-order valence-corrected chi connectivity index (χ3v) is 2.69. The number of aryl methyl sites for hydroxylation is 1. The van der Waals surface area contributed by atoms with Crippen LogP contribution >= 0.6 is 0 Å². The highest BCUT2D eigenvalue weighted by Crippen LogP contribution is 2.25. The van der Waals surface area contributed by atoms with Gasteiger partial charge in [-0.2, -0.15) is 0 Å². The number of para-hydroxylation sites is 1. The van der Waals surface area contributed by atoms with Crippen molar-refractivity contribution in [3.05, 3.63) is 47.7 Å². The summed E-state index contributed by atoms with van der Waals surface area (Å²) in [5.74, 6) is 0.659. The van der Waals surface area contributed by atoms with Crippen LogP contribution < -0.4 is 15.8 Å². The Balaban J connectivity index is 2.25. The lowest BCUT2D eigenvalue weighted by Crippen LogP contribution is -2.15. The second kappa shape index (κ2) is 5.39. The van der Waals surface area contributed by atoms with E-state index in [2.05, 4.69) is 10.3 Å². The maximum atomic E-state index is 12.1. The van der Waals surface area contributed by atoms with E-state index in [0.29, 0.717) is 22.8 Å². The van der Waals surface area contributed by atoms with Gasteiger partial charge in [0.25, 0.3) is 5.91 Å². The Hall–Kier alpha value is -2.56. The molecule has 98 valence electrons. The third kappa shape index (κ3) is 2.82. The first-order valence-corrected chi connectivity index (χ1v) is 5.78. The van der Waals surface area contributed by atoms with Gasteiger partial charge in [-0.1, -0.05) is 6.07 Å². The van der Waals surface area contributed by atoms with Crippen LogP contribution in [0.25, 0.3) is 0 Å². The molecule has 5 nitrogen and oxygen atoms in total. The van der Waals surface area contributed by atoms with Gasteiger partial charge in [0.1, 0.15) is 11.6 Å². The average molecular weight is 257 g/mol. The van der Waals surface area contributed by atoms with Crippen molar-refractivity contribution in [2.24, 2.45) is 0 Å². The number of nitrogens with two attached hydrogens (primary N) is 1. The summed E-state index contributed by atoms with van der Waals surface area (Å²) in [5, 5.41) is 2.71. The van der Waals surface area contributed by atoms with Gasteiger partial charge in [0.05, 0.1) is 18.4 Å². The number of pyridine rings is 1. The predicted octanol–water partition coefficient (Wildman–Crippen LogP) is 2.23. The minimum absolute atomic E-state index is 0.311. The molecule has 0 spiro atoms. The van der Waals surface area contributed by atoms with E-state index in [0.717, 1.165) is 5.56 Å². The van der Waals surface area contributed by atoms with Crippen molar-refractivity contribution in [3.8, 4) is 5.75 Å². The van der Waals surface area contributed by atoms with E-state index in [9.17, 15) is 4.79 Å². The summed E-state index contributed by atoms with van der Waals surface area (Å²) < 4.78 is 5.08. The van der Waals surface area contributed by atoms with E-state index in [-0.39, 0.29) is 5.91 Å². The Kier molecular flexibility index (Phi) is 3.66. The van der Waals surface area contributed by atoms with Crippen LogP contribution in [0.4, 0.5) is 11.5 Å². The van der Waals surface area contributed by atoms with Crippen molar-refractivity contribution in [1.82, 2.24) is 4.98 Å². The molecule has 0 aliphatic heterocycles. The van der Waals surface area contributed by atoms with Crippen molar-refractivity contribution < 1.29 is 9.53 Å². The lowest BCUT2D eigenvalue weighted by Gasteiger charge is -2.10. The first-order valence-electron chi connectivity index (χ1n) is 5.78. The molecule has 19 heavy (non-hydrogen) atoms. The molecule has 0 unspecified atom stereocenters. The number of hydrogen-bond donors (Lipinski definition) is 2. The SMILES string of the molecule is COc1cccc(C(=O)Nc2cc(C)ccn2)c1N. The number of carbonyl (C=O) groups is 1. The number of nitrogens with zero attached hydrogens (tertiary/aromatic N) is 1. The lowest BCUT2D eigenvalue weighted by molar-refractivity contribution is 0.102. The molecule has 5 heteroatoms. The number of nitrogen functional groups attached to an aromatic ring is 1. The summed E-state index contributed by atoms with van der Waals surface area (Å²) in [7, 11) is 1.51. The van der Waals surface area contributed by atoms with Gasteiger partial charge in [0.15, 0.2) is 0 Å². The fourth-order valence-corrected chi connectivity index (χ4v) is 1.71. The molecule has 0 atom stereocenters. The van der Waals surface area contributed by atoms with E-state index in [1.165, 1.54) is 7.11 Å². The van der Waals surface area contributed by atoms with Gasteiger partial charge in [0, 0.05) is 6.20 Å². The molecule has 0 radical (unpaired) electrons. The Morgan fingerprint density at radius 1 is 1.37 bits per heavy atom. The van der Waals surface area contributed by atoms with Gasteiger partial charge in [0.2, 0.25) is 0 Å². The van der Waals surface area contributed by atoms with Gasteiger partial charge >= 0.3 is 0 Å². The van der Waals surface area contributed by atoms with E-state index in [1.807, 2.05) is 13.0 Å². The van der Waals surface area contributed by atoms with Crippen LogP contribution in [0.2, 0.25) is 0 Å². The quantitative estimate of drug-likeness (QED) is 0.827. The lowest BCUT2D eigenvalue weighted by atomic mass is 10.1. The molecule has 0 aliphatic rings. The molecule has 0 aliphatic carbocycles. The fourth-order valence-electron chi connectivity index (χ4n) is 1.71. The number of aromatic nitrogens is 1. The number of anilines is 2. The molecular weight excluding hydrogens is 242 g/mol.